The minimum absolute atomic E-state index is 0.266. The summed E-state index contributed by atoms with van der Waals surface area (Å²) in [5.74, 6) is 1.02. The van der Waals surface area contributed by atoms with Crippen molar-refractivity contribution in [2.24, 2.45) is 0 Å². The molecule has 0 bridgehead atoms. The van der Waals surface area contributed by atoms with Gasteiger partial charge in [-0.3, -0.25) is 0 Å². The molecule has 1 aliphatic rings. The number of fused-ring (bicyclic) bond motifs is 1. The maximum atomic E-state index is 5.45. The highest BCUT2D eigenvalue weighted by Crippen LogP contribution is 2.48. The van der Waals surface area contributed by atoms with Gasteiger partial charge in [-0.25, -0.2) is 0 Å². The topological polar surface area (TPSA) is 9.23 Å². The molecule has 1 heterocycles. The van der Waals surface area contributed by atoms with Crippen molar-refractivity contribution < 1.29 is 4.74 Å². The van der Waals surface area contributed by atoms with E-state index in [0.29, 0.717) is 0 Å². The highest BCUT2D eigenvalue weighted by atomic mass is 32.2. The van der Waals surface area contributed by atoms with Crippen LogP contribution < -0.4 is 4.74 Å². The molecule has 0 spiro atoms. The third-order valence-corrected chi connectivity index (χ3v) is 5.14. The standard InChI is InChI=1S/C15H22OS/c1-6-11-9-15(3,4)12-8-13(16-5)10(2)7-14(12)17-11/h7-8,11H,6,9H2,1-5H3. The second-order valence-corrected chi connectivity index (χ2v) is 6.90. The van der Waals surface area contributed by atoms with Gasteiger partial charge in [-0.05, 0) is 48.4 Å². The van der Waals surface area contributed by atoms with Crippen LogP contribution in [0, 0.1) is 6.92 Å². The van der Waals surface area contributed by atoms with Crippen LogP contribution in [-0.4, -0.2) is 12.4 Å². The Morgan fingerprint density at radius 1 is 1.41 bits per heavy atom. The van der Waals surface area contributed by atoms with Gasteiger partial charge in [0.2, 0.25) is 0 Å². The summed E-state index contributed by atoms with van der Waals surface area (Å²) in [5.41, 5.74) is 2.96. The molecule has 1 atom stereocenters. The summed E-state index contributed by atoms with van der Waals surface area (Å²) >= 11 is 2.04. The Bertz CT molecular complexity index is 423. The van der Waals surface area contributed by atoms with Crippen molar-refractivity contribution in [2.75, 3.05) is 7.11 Å². The first kappa shape index (κ1) is 12.8. The SMILES string of the molecule is CCC1CC(C)(C)c2cc(OC)c(C)cc2S1. The third-order valence-electron chi connectivity index (χ3n) is 3.71. The Balaban J connectivity index is 2.50. The number of hydrogen-bond donors (Lipinski definition) is 0. The first-order chi connectivity index (χ1) is 7.97. The fourth-order valence-electron chi connectivity index (χ4n) is 2.64. The molecule has 1 unspecified atom stereocenters. The molecule has 1 nitrogen and oxygen atoms in total. The van der Waals surface area contributed by atoms with E-state index in [1.807, 2.05) is 11.8 Å². The van der Waals surface area contributed by atoms with Crippen molar-refractivity contribution in [3.63, 3.8) is 0 Å². The Morgan fingerprint density at radius 2 is 2.12 bits per heavy atom. The largest absolute Gasteiger partial charge is 0.496 e. The van der Waals surface area contributed by atoms with Crippen molar-refractivity contribution in [3.8, 4) is 5.75 Å². The predicted molar refractivity (Wildman–Crippen MR) is 75.3 cm³/mol. The van der Waals surface area contributed by atoms with Crippen molar-refractivity contribution in [1.82, 2.24) is 0 Å². The van der Waals surface area contributed by atoms with Gasteiger partial charge in [0, 0.05) is 10.1 Å². The smallest absolute Gasteiger partial charge is 0.122 e. The van der Waals surface area contributed by atoms with Crippen molar-refractivity contribution in [3.05, 3.63) is 23.3 Å². The molecule has 0 saturated heterocycles. The minimum atomic E-state index is 0.266. The number of aryl methyl sites for hydroxylation is 1. The van der Waals surface area contributed by atoms with Crippen LogP contribution in [0.5, 0.6) is 5.75 Å². The maximum absolute atomic E-state index is 5.45. The Hall–Kier alpha value is -0.630. The third kappa shape index (κ3) is 2.33. The van der Waals surface area contributed by atoms with Crippen LogP contribution in [0.25, 0.3) is 0 Å². The van der Waals surface area contributed by atoms with Gasteiger partial charge in [-0.1, -0.05) is 20.8 Å². The van der Waals surface area contributed by atoms with E-state index in [2.05, 4.69) is 39.8 Å². The number of thioether (sulfide) groups is 1. The van der Waals surface area contributed by atoms with Gasteiger partial charge in [0.1, 0.15) is 5.75 Å². The molecule has 0 aliphatic carbocycles. The Morgan fingerprint density at radius 3 is 2.71 bits per heavy atom. The monoisotopic (exact) mass is 250 g/mol. The molecule has 1 aliphatic heterocycles. The van der Waals surface area contributed by atoms with Gasteiger partial charge in [0.05, 0.1) is 7.11 Å². The molecule has 0 amide bonds. The molecule has 0 aromatic heterocycles. The second kappa shape index (κ2) is 4.56. The van der Waals surface area contributed by atoms with Crippen LogP contribution in [0.4, 0.5) is 0 Å². The highest BCUT2D eigenvalue weighted by Gasteiger charge is 2.33. The van der Waals surface area contributed by atoms with Crippen molar-refractivity contribution >= 4 is 11.8 Å². The van der Waals surface area contributed by atoms with E-state index in [9.17, 15) is 0 Å². The molecular weight excluding hydrogens is 228 g/mol. The first-order valence-corrected chi connectivity index (χ1v) is 7.21. The van der Waals surface area contributed by atoms with Crippen LogP contribution in [-0.2, 0) is 5.41 Å². The molecule has 0 radical (unpaired) electrons. The molecule has 0 saturated carbocycles. The van der Waals surface area contributed by atoms with Crippen LogP contribution >= 0.6 is 11.8 Å². The van der Waals surface area contributed by atoms with E-state index in [-0.39, 0.29) is 5.41 Å². The molecular formula is C15H22OS. The van der Waals surface area contributed by atoms with Crippen molar-refractivity contribution in [1.29, 1.82) is 0 Å². The molecule has 17 heavy (non-hydrogen) atoms. The van der Waals surface area contributed by atoms with Gasteiger partial charge in [-0.2, -0.15) is 0 Å². The summed E-state index contributed by atoms with van der Waals surface area (Å²) in [6.07, 6.45) is 2.51. The van der Waals surface area contributed by atoms with Crippen LogP contribution in [0.2, 0.25) is 0 Å². The predicted octanol–water partition coefficient (Wildman–Crippen LogP) is 4.56. The van der Waals surface area contributed by atoms with Gasteiger partial charge in [0.15, 0.2) is 0 Å². The molecule has 0 N–H and O–H groups in total. The van der Waals surface area contributed by atoms with E-state index in [1.54, 1.807) is 7.11 Å². The first-order valence-electron chi connectivity index (χ1n) is 6.33. The lowest BCUT2D eigenvalue weighted by Gasteiger charge is -2.37. The summed E-state index contributed by atoms with van der Waals surface area (Å²) in [7, 11) is 1.76. The van der Waals surface area contributed by atoms with Gasteiger partial charge >= 0.3 is 0 Å². The number of benzene rings is 1. The zero-order chi connectivity index (χ0) is 12.6. The van der Waals surface area contributed by atoms with E-state index in [0.717, 1.165) is 11.0 Å². The zero-order valence-corrected chi connectivity index (χ0v) is 12.3. The zero-order valence-electron chi connectivity index (χ0n) is 11.5. The highest BCUT2D eigenvalue weighted by molar-refractivity contribution is 8.00. The number of methoxy groups -OCH3 is 1. The summed E-state index contributed by atoms with van der Waals surface area (Å²) in [5, 5.41) is 0.755. The Kier molecular flexibility index (Phi) is 3.44. The summed E-state index contributed by atoms with van der Waals surface area (Å²) in [6.45, 7) is 9.11. The molecule has 1 aromatic carbocycles. The lowest BCUT2D eigenvalue weighted by molar-refractivity contribution is 0.403. The maximum Gasteiger partial charge on any atom is 0.122 e. The van der Waals surface area contributed by atoms with Crippen LogP contribution in [0.15, 0.2) is 17.0 Å². The van der Waals surface area contributed by atoms with Crippen LogP contribution in [0.1, 0.15) is 44.7 Å². The fraction of sp³-hybridized carbons (Fsp3) is 0.600. The van der Waals surface area contributed by atoms with E-state index < -0.39 is 0 Å². The minimum Gasteiger partial charge on any atom is -0.496 e. The van der Waals surface area contributed by atoms with Gasteiger partial charge in [0.25, 0.3) is 0 Å². The summed E-state index contributed by atoms with van der Waals surface area (Å²) in [4.78, 5) is 1.45. The quantitative estimate of drug-likeness (QED) is 0.761. The molecule has 1 aromatic rings. The average molecular weight is 250 g/mol. The number of rotatable bonds is 2. The van der Waals surface area contributed by atoms with Crippen molar-refractivity contribution in [2.45, 2.75) is 56.1 Å². The Labute approximate surface area is 109 Å². The van der Waals surface area contributed by atoms with E-state index in [4.69, 9.17) is 4.74 Å². The molecule has 2 heteroatoms. The molecule has 0 fully saturated rings. The fourth-order valence-corrected chi connectivity index (χ4v) is 4.37. The lowest BCUT2D eigenvalue weighted by Crippen LogP contribution is -2.28. The summed E-state index contributed by atoms with van der Waals surface area (Å²) < 4.78 is 5.45. The molecule has 94 valence electrons. The lowest BCUT2D eigenvalue weighted by atomic mass is 9.79. The number of ether oxygens (including phenoxy) is 1. The van der Waals surface area contributed by atoms with Crippen LogP contribution in [0.3, 0.4) is 0 Å². The second-order valence-electron chi connectivity index (χ2n) is 5.55. The normalized spacial score (nSPS) is 22.1. The van der Waals surface area contributed by atoms with Gasteiger partial charge < -0.3 is 4.74 Å². The number of hydrogen-bond acceptors (Lipinski definition) is 2. The summed E-state index contributed by atoms with van der Waals surface area (Å²) in [6, 6.07) is 4.53. The average Bonchev–Trinajstić information content (AvgIpc) is 2.27. The molecule has 2 rings (SSSR count). The van der Waals surface area contributed by atoms with E-state index >= 15 is 0 Å². The van der Waals surface area contributed by atoms with E-state index in [1.165, 1.54) is 28.9 Å². The van der Waals surface area contributed by atoms with Gasteiger partial charge in [-0.15, -0.1) is 11.8 Å².